The van der Waals surface area contributed by atoms with Gasteiger partial charge in [-0.25, -0.2) is 0 Å². The van der Waals surface area contributed by atoms with Gasteiger partial charge in [-0.3, -0.25) is 4.79 Å². The highest BCUT2D eigenvalue weighted by Gasteiger charge is 2.23. The molecule has 15 heavy (non-hydrogen) atoms. The summed E-state index contributed by atoms with van der Waals surface area (Å²) >= 11 is 0. The minimum absolute atomic E-state index is 0.213. The van der Waals surface area contributed by atoms with E-state index in [9.17, 15) is 4.79 Å². The molecule has 1 heterocycles. The minimum Gasteiger partial charge on any atom is -0.343 e. The van der Waals surface area contributed by atoms with Gasteiger partial charge in [0.2, 0.25) is 5.91 Å². The van der Waals surface area contributed by atoms with Crippen molar-refractivity contribution in [3.8, 4) is 0 Å². The van der Waals surface area contributed by atoms with E-state index in [0.29, 0.717) is 5.92 Å². The van der Waals surface area contributed by atoms with Crippen LogP contribution in [0, 0.1) is 5.92 Å². The average Bonchev–Trinajstić information content (AvgIpc) is 2.68. The molecule has 0 radical (unpaired) electrons. The van der Waals surface area contributed by atoms with Crippen LogP contribution in [0.25, 0.3) is 0 Å². The molecule has 0 unspecified atom stereocenters. The molecule has 0 N–H and O–H groups in total. The Hall–Kier alpha value is -1.31. The van der Waals surface area contributed by atoms with E-state index in [0.717, 1.165) is 25.9 Å². The first-order chi connectivity index (χ1) is 7.25. The van der Waals surface area contributed by atoms with Crippen molar-refractivity contribution < 1.29 is 4.79 Å². The molecule has 1 aliphatic heterocycles. The molecule has 1 aromatic rings. The monoisotopic (exact) mass is 203 g/mol. The molecule has 1 aromatic carbocycles. The molecule has 1 saturated heterocycles. The summed E-state index contributed by atoms with van der Waals surface area (Å²) in [5.41, 5.74) is 1.38. The molecule has 2 rings (SSSR count). The number of hydrogen-bond acceptors (Lipinski definition) is 1. The number of amides is 1. The van der Waals surface area contributed by atoms with Gasteiger partial charge in [-0.1, -0.05) is 30.3 Å². The molecule has 2 nitrogen and oxygen atoms in total. The molecule has 1 atom stereocenters. The van der Waals surface area contributed by atoms with Gasteiger partial charge >= 0.3 is 0 Å². The smallest absolute Gasteiger partial charge is 0.219 e. The van der Waals surface area contributed by atoms with E-state index in [1.807, 2.05) is 11.0 Å². The third-order valence-electron chi connectivity index (χ3n) is 3.10. The lowest BCUT2D eigenvalue weighted by Crippen LogP contribution is -2.26. The maximum Gasteiger partial charge on any atom is 0.219 e. The van der Waals surface area contributed by atoms with Crippen LogP contribution in [0.1, 0.15) is 18.9 Å². The summed E-state index contributed by atoms with van der Waals surface area (Å²) in [5, 5.41) is 0. The van der Waals surface area contributed by atoms with Crippen molar-refractivity contribution in [1.82, 2.24) is 4.90 Å². The Morgan fingerprint density at radius 2 is 2.13 bits per heavy atom. The Kier molecular flexibility index (Phi) is 3.05. The van der Waals surface area contributed by atoms with Crippen LogP contribution in [0.2, 0.25) is 0 Å². The molecule has 2 heteroatoms. The summed E-state index contributed by atoms with van der Waals surface area (Å²) in [4.78, 5) is 13.1. The highest BCUT2D eigenvalue weighted by Crippen LogP contribution is 2.20. The fraction of sp³-hybridized carbons (Fsp3) is 0.462. The molecule has 1 aliphatic rings. The van der Waals surface area contributed by atoms with E-state index >= 15 is 0 Å². The second-order valence-corrected chi connectivity index (χ2v) is 4.31. The number of rotatable bonds is 2. The minimum atomic E-state index is 0.213. The van der Waals surface area contributed by atoms with Crippen molar-refractivity contribution in [3.05, 3.63) is 35.9 Å². The molecule has 0 aromatic heterocycles. The largest absolute Gasteiger partial charge is 0.343 e. The maximum atomic E-state index is 11.2. The lowest BCUT2D eigenvalue weighted by molar-refractivity contribution is -0.127. The van der Waals surface area contributed by atoms with Crippen molar-refractivity contribution in [2.24, 2.45) is 5.92 Å². The molecular weight excluding hydrogens is 186 g/mol. The highest BCUT2D eigenvalue weighted by atomic mass is 16.2. The van der Waals surface area contributed by atoms with Gasteiger partial charge in [0.1, 0.15) is 0 Å². The Labute approximate surface area is 90.9 Å². The van der Waals surface area contributed by atoms with Gasteiger partial charge in [0.05, 0.1) is 0 Å². The van der Waals surface area contributed by atoms with E-state index < -0.39 is 0 Å². The van der Waals surface area contributed by atoms with Gasteiger partial charge < -0.3 is 4.90 Å². The Balaban J connectivity index is 1.90. The lowest BCUT2D eigenvalue weighted by Gasteiger charge is -2.13. The molecule has 80 valence electrons. The summed E-state index contributed by atoms with van der Waals surface area (Å²) in [5.74, 6) is 0.863. The zero-order valence-electron chi connectivity index (χ0n) is 9.15. The molecule has 1 fully saturated rings. The topological polar surface area (TPSA) is 20.3 Å². The molecule has 1 amide bonds. The average molecular weight is 203 g/mol. The first-order valence-corrected chi connectivity index (χ1v) is 5.55. The number of nitrogens with zero attached hydrogens (tertiary/aromatic N) is 1. The van der Waals surface area contributed by atoms with Gasteiger partial charge in [-0.2, -0.15) is 0 Å². The van der Waals surface area contributed by atoms with Crippen LogP contribution in [-0.2, 0) is 11.2 Å². The van der Waals surface area contributed by atoms with Crippen molar-refractivity contribution >= 4 is 5.91 Å². The predicted octanol–water partition coefficient (Wildman–Crippen LogP) is 2.10. The van der Waals surface area contributed by atoms with E-state index in [1.165, 1.54) is 5.56 Å². The number of carbonyl (C=O) groups is 1. The standard InChI is InChI=1S/C13H17NO/c1-11(15)14-8-7-13(10-14)9-12-5-3-2-4-6-12/h2-6,13H,7-10H2,1H3/t13-/m0/s1. The van der Waals surface area contributed by atoms with E-state index in [1.54, 1.807) is 6.92 Å². The quantitative estimate of drug-likeness (QED) is 0.720. The Morgan fingerprint density at radius 1 is 1.40 bits per heavy atom. The third kappa shape index (κ3) is 2.58. The third-order valence-corrected chi connectivity index (χ3v) is 3.10. The maximum absolute atomic E-state index is 11.2. The van der Waals surface area contributed by atoms with Crippen molar-refractivity contribution in [3.63, 3.8) is 0 Å². The second kappa shape index (κ2) is 4.47. The summed E-state index contributed by atoms with van der Waals surface area (Å²) < 4.78 is 0. The lowest BCUT2D eigenvalue weighted by atomic mass is 9.99. The van der Waals surface area contributed by atoms with Crippen molar-refractivity contribution in [2.75, 3.05) is 13.1 Å². The van der Waals surface area contributed by atoms with Gasteiger partial charge in [0.25, 0.3) is 0 Å². The summed E-state index contributed by atoms with van der Waals surface area (Å²) in [6, 6.07) is 10.5. The number of benzene rings is 1. The van der Waals surface area contributed by atoms with Crippen LogP contribution in [0.5, 0.6) is 0 Å². The highest BCUT2D eigenvalue weighted by molar-refractivity contribution is 5.73. The van der Waals surface area contributed by atoms with Crippen molar-refractivity contribution in [2.45, 2.75) is 19.8 Å². The zero-order valence-corrected chi connectivity index (χ0v) is 9.15. The van der Waals surface area contributed by atoms with Gasteiger partial charge in [-0.05, 0) is 24.3 Å². The SMILES string of the molecule is CC(=O)N1CC[C@@H](Cc2ccccc2)C1. The summed E-state index contributed by atoms with van der Waals surface area (Å²) in [6.07, 6.45) is 2.25. The zero-order chi connectivity index (χ0) is 10.7. The fourth-order valence-electron chi connectivity index (χ4n) is 2.23. The fourth-order valence-corrected chi connectivity index (χ4v) is 2.23. The number of likely N-dealkylation sites (tertiary alicyclic amines) is 1. The summed E-state index contributed by atoms with van der Waals surface area (Å²) in [6.45, 7) is 3.53. The molecular formula is C13H17NO. The van der Waals surface area contributed by atoms with Crippen LogP contribution in [0.15, 0.2) is 30.3 Å². The van der Waals surface area contributed by atoms with E-state index in [4.69, 9.17) is 0 Å². The first-order valence-electron chi connectivity index (χ1n) is 5.55. The second-order valence-electron chi connectivity index (χ2n) is 4.31. The van der Waals surface area contributed by atoms with E-state index in [2.05, 4.69) is 24.3 Å². The van der Waals surface area contributed by atoms with Crippen LogP contribution in [0.3, 0.4) is 0 Å². The predicted molar refractivity (Wildman–Crippen MR) is 60.5 cm³/mol. The molecule has 0 aliphatic carbocycles. The van der Waals surface area contributed by atoms with Crippen LogP contribution in [0.4, 0.5) is 0 Å². The van der Waals surface area contributed by atoms with Gasteiger partial charge in [0.15, 0.2) is 0 Å². The Morgan fingerprint density at radius 3 is 2.73 bits per heavy atom. The van der Waals surface area contributed by atoms with Crippen LogP contribution >= 0.6 is 0 Å². The number of hydrogen-bond donors (Lipinski definition) is 0. The van der Waals surface area contributed by atoms with Gasteiger partial charge in [-0.15, -0.1) is 0 Å². The molecule has 0 spiro atoms. The van der Waals surface area contributed by atoms with Gasteiger partial charge in [0, 0.05) is 20.0 Å². The normalized spacial score (nSPS) is 20.6. The summed E-state index contributed by atoms with van der Waals surface area (Å²) in [7, 11) is 0. The van der Waals surface area contributed by atoms with Crippen LogP contribution in [-0.4, -0.2) is 23.9 Å². The number of carbonyl (C=O) groups excluding carboxylic acids is 1. The molecule has 0 saturated carbocycles. The first kappa shape index (κ1) is 10.2. The van der Waals surface area contributed by atoms with E-state index in [-0.39, 0.29) is 5.91 Å². The Bertz CT molecular complexity index is 334. The van der Waals surface area contributed by atoms with Crippen molar-refractivity contribution in [1.29, 1.82) is 0 Å². The molecule has 0 bridgehead atoms. The van der Waals surface area contributed by atoms with Crippen LogP contribution < -0.4 is 0 Å².